The van der Waals surface area contributed by atoms with Crippen LogP contribution in [0.3, 0.4) is 0 Å². The molecule has 0 bridgehead atoms. The van der Waals surface area contributed by atoms with E-state index >= 15 is 0 Å². The number of aliphatic hydroxyl groups is 1. The van der Waals surface area contributed by atoms with Crippen molar-refractivity contribution in [2.24, 2.45) is 11.8 Å². The van der Waals surface area contributed by atoms with Crippen LogP contribution in [0, 0.1) is 11.8 Å². The molecule has 0 saturated heterocycles. The van der Waals surface area contributed by atoms with Crippen LogP contribution in [0.4, 0.5) is 0 Å². The summed E-state index contributed by atoms with van der Waals surface area (Å²) in [6, 6.07) is 0. The highest BCUT2D eigenvalue weighted by atomic mass is 16.3. The highest BCUT2D eigenvalue weighted by Crippen LogP contribution is 2.31. The summed E-state index contributed by atoms with van der Waals surface area (Å²) >= 11 is 0. The van der Waals surface area contributed by atoms with Crippen LogP contribution in [0.25, 0.3) is 0 Å². The standard InChI is InChI=1S/C19H22N2O/c1-14-8-4-3-5-10-16(14)13-21-19(22)18(12-20-21)17-11-7-6-9-15(17)2/h3-12,15,17,19-20,22H,1,13H2,2H3. The molecule has 3 heteroatoms. The lowest BCUT2D eigenvalue weighted by Gasteiger charge is -2.28. The van der Waals surface area contributed by atoms with E-state index in [4.69, 9.17) is 0 Å². The van der Waals surface area contributed by atoms with E-state index in [1.807, 2.05) is 47.7 Å². The maximum absolute atomic E-state index is 10.7. The molecule has 1 aliphatic heterocycles. The van der Waals surface area contributed by atoms with E-state index in [2.05, 4.69) is 37.2 Å². The van der Waals surface area contributed by atoms with Gasteiger partial charge in [-0.15, -0.1) is 0 Å². The molecule has 0 saturated carbocycles. The number of hydrogen-bond donors (Lipinski definition) is 2. The van der Waals surface area contributed by atoms with Gasteiger partial charge in [0.05, 0.1) is 0 Å². The lowest BCUT2D eigenvalue weighted by Crippen LogP contribution is -2.41. The minimum atomic E-state index is -0.617. The topological polar surface area (TPSA) is 35.5 Å². The molecule has 0 aromatic rings. The molecule has 1 heterocycles. The Bertz CT molecular complexity index is 634. The Hall–Kier alpha value is -2.10. The minimum Gasteiger partial charge on any atom is -0.373 e. The van der Waals surface area contributed by atoms with Gasteiger partial charge in [0.15, 0.2) is 0 Å². The summed E-state index contributed by atoms with van der Waals surface area (Å²) in [5.41, 5.74) is 6.28. The molecule has 3 unspecified atom stereocenters. The van der Waals surface area contributed by atoms with E-state index < -0.39 is 6.23 Å². The molecule has 0 spiro atoms. The highest BCUT2D eigenvalue weighted by Gasteiger charge is 2.32. The summed E-state index contributed by atoms with van der Waals surface area (Å²) in [4.78, 5) is 0. The quantitative estimate of drug-likeness (QED) is 0.840. The molecule has 3 aliphatic rings. The van der Waals surface area contributed by atoms with E-state index in [-0.39, 0.29) is 5.92 Å². The average Bonchev–Trinajstić information content (AvgIpc) is 2.74. The fourth-order valence-corrected chi connectivity index (χ4v) is 2.98. The number of aliphatic hydroxyl groups excluding tert-OH is 1. The van der Waals surface area contributed by atoms with Crippen molar-refractivity contribution in [2.75, 3.05) is 6.54 Å². The minimum absolute atomic E-state index is 0.239. The Kier molecular flexibility index (Phi) is 4.27. The van der Waals surface area contributed by atoms with Crippen LogP contribution in [0.1, 0.15) is 6.92 Å². The molecule has 0 amide bonds. The van der Waals surface area contributed by atoms with Crippen LogP contribution in [0.2, 0.25) is 0 Å². The van der Waals surface area contributed by atoms with Crippen LogP contribution in [0.5, 0.6) is 0 Å². The Morgan fingerprint density at radius 3 is 2.82 bits per heavy atom. The Morgan fingerprint density at radius 1 is 1.18 bits per heavy atom. The van der Waals surface area contributed by atoms with Gasteiger partial charge < -0.3 is 10.5 Å². The summed E-state index contributed by atoms with van der Waals surface area (Å²) in [6.07, 6.45) is 19.7. The number of hydrogen-bond acceptors (Lipinski definition) is 3. The first-order valence-corrected chi connectivity index (χ1v) is 7.66. The second-order valence-electron chi connectivity index (χ2n) is 5.89. The molecule has 0 radical (unpaired) electrons. The predicted octanol–water partition coefficient (Wildman–Crippen LogP) is 3.00. The molecule has 0 aromatic carbocycles. The van der Waals surface area contributed by atoms with Crippen molar-refractivity contribution >= 4 is 0 Å². The molecule has 22 heavy (non-hydrogen) atoms. The molecule has 0 aromatic heterocycles. The third-order valence-electron chi connectivity index (χ3n) is 4.36. The lowest BCUT2D eigenvalue weighted by atomic mass is 9.84. The third-order valence-corrected chi connectivity index (χ3v) is 4.36. The first kappa shape index (κ1) is 14.8. The van der Waals surface area contributed by atoms with Gasteiger partial charge >= 0.3 is 0 Å². The zero-order valence-electron chi connectivity index (χ0n) is 12.8. The first-order valence-electron chi connectivity index (χ1n) is 7.66. The smallest absolute Gasteiger partial charge is 0.148 e. The summed E-state index contributed by atoms with van der Waals surface area (Å²) in [7, 11) is 0. The van der Waals surface area contributed by atoms with Gasteiger partial charge in [0, 0.05) is 18.7 Å². The van der Waals surface area contributed by atoms with Gasteiger partial charge in [-0.05, 0) is 22.6 Å². The van der Waals surface area contributed by atoms with E-state index in [1.54, 1.807) is 0 Å². The van der Waals surface area contributed by atoms with E-state index in [0.29, 0.717) is 12.5 Å². The Morgan fingerprint density at radius 2 is 2.00 bits per heavy atom. The zero-order chi connectivity index (χ0) is 15.5. The molecule has 2 aliphatic carbocycles. The van der Waals surface area contributed by atoms with E-state index in [0.717, 1.165) is 16.7 Å². The molecule has 3 nitrogen and oxygen atoms in total. The molecule has 3 atom stereocenters. The van der Waals surface area contributed by atoms with Crippen molar-refractivity contribution in [2.45, 2.75) is 13.2 Å². The van der Waals surface area contributed by atoms with Gasteiger partial charge in [0.25, 0.3) is 0 Å². The van der Waals surface area contributed by atoms with Crippen molar-refractivity contribution in [1.82, 2.24) is 10.4 Å². The number of nitrogens with one attached hydrogen (secondary N) is 1. The number of nitrogens with zero attached hydrogens (tertiary/aromatic N) is 1. The van der Waals surface area contributed by atoms with Crippen molar-refractivity contribution in [3.63, 3.8) is 0 Å². The van der Waals surface area contributed by atoms with Gasteiger partial charge in [-0.2, -0.15) is 5.01 Å². The molecular formula is C19H22N2O. The zero-order valence-corrected chi connectivity index (χ0v) is 12.8. The second-order valence-corrected chi connectivity index (χ2v) is 5.89. The summed E-state index contributed by atoms with van der Waals surface area (Å²) < 4.78 is 0. The lowest BCUT2D eigenvalue weighted by molar-refractivity contribution is 0.0264. The van der Waals surface area contributed by atoms with Crippen molar-refractivity contribution < 1.29 is 5.11 Å². The first-order chi connectivity index (χ1) is 10.7. The highest BCUT2D eigenvalue weighted by molar-refractivity contribution is 5.44. The predicted molar refractivity (Wildman–Crippen MR) is 90.4 cm³/mol. The van der Waals surface area contributed by atoms with Crippen LogP contribution < -0.4 is 5.43 Å². The molecule has 3 rings (SSSR count). The molecular weight excluding hydrogens is 272 g/mol. The normalized spacial score (nSPS) is 31.0. The van der Waals surface area contributed by atoms with E-state index in [1.165, 1.54) is 0 Å². The second kappa shape index (κ2) is 6.34. The molecule has 2 N–H and O–H groups in total. The molecule has 114 valence electrons. The number of hydrazine groups is 1. The fourth-order valence-electron chi connectivity index (χ4n) is 2.98. The average molecular weight is 294 g/mol. The van der Waals surface area contributed by atoms with E-state index in [9.17, 15) is 5.11 Å². The summed E-state index contributed by atoms with van der Waals surface area (Å²) in [6.45, 7) is 6.85. The van der Waals surface area contributed by atoms with Gasteiger partial charge in [0.2, 0.25) is 0 Å². The van der Waals surface area contributed by atoms with Crippen molar-refractivity contribution in [3.8, 4) is 0 Å². The van der Waals surface area contributed by atoms with Crippen LogP contribution in [-0.4, -0.2) is 22.9 Å². The van der Waals surface area contributed by atoms with Crippen LogP contribution in [0.15, 0.2) is 84.2 Å². The molecule has 0 fully saturated rings. The van der Waals surface area contributed by atoms with Crippen molar-refractivity contribution in [1.29, 1.82) is 0 Å². The van der Waals surface area contributed by atoms with Crippen LogP contribution in [-0.2, 0) is 0 Å². The number of allylic oxidation sites excluding steroid dienone is 9. The largest absolute Gasteiger partial charge is 0.373 e. The summed E-state index contributed by atoms with van der Waals surface area (Å²) in [5, 5.41) is 12.5. The van der Waals surface area contributed by atoms with Gasteiger partial charge in [-0.1, -0.05) is 68.2 Å². The maximum atomic E-state index is 10.7. The van der Waals surface area contributed by atoms with Gasteiger partial charge in [-0.25, -0.2) is 0 Å². The number of rotatable bonds is 3. The maximum Gasteiger partial charge on any atom is 0.148 e. The van der Waals surface area contributed by atoms with Crippen molar-refractivity contribution in [3.05, 3.63) is 84.2 Å². The Balaban J connectivity index is 1.69. The van der Waals surface area contributed by atoms with Crippen LogP contribution >= 0.6 is 0 Å². The SMILES string of the molecule is C=C1C=CC=CC=C1CN1NC=C(C2C=CC=CC2C)C1O. The third kappa shape index (κ3) is 2.91. The Labute approximate surface area is 132 Å². The fraction of sp³-hybridized carbons (Fsp3) is 0.263. The van der Waals surface area contributed by atoms with Gasteiger partial charge in [0.1, 0.15) is 6.23 Å². The monoisotopic (exact) mass is 294 g/mol. The van der Waals surface area contributed by atoms with Gasteiger partial charge in [-0.3, -0.25) is 0 Å². The summed E-state index contributed by atoms with van der Waals surface area (Å²) in [5.74, 6) is 0.634.